The van der Waals surface area contributed by atoms with Gasteiger partial charge in [0.05, 0.1) is 0 Å². The van der Waals surface area contributed by atoms with E-state index >= 15 is 0 Å². The summed E-state index contributed by atoms with van der Waals surface area (Å²) < 4.78 is 1.98. The Kier molecular flexibility index (Phi) is 2.82. The summed E-state index contributed by atoms with van der Waals surface area (Å²) in [6.45, 7) is 3.86. The lowest BCUT2D eigenvalue weighted by atomic mass is 10.1. The van der Waals surface area contributed by atoms with Crippen LogP contribution in [-0.4, -0.2) is 20.6 Å². The maximum absolute atomic E-state index is 8.66. The molecule has 1 aromatic heterocycles. The van der Waals surface area contributed by atoms with E-state index in [0.717, 1.165) is 22.6 Å². The first-order valence-corrected chi connectivity index (χ1v) is 5.22. The van der Waals surface area contributed by atoms with Gasteiger partial charge in [0, 0.05) is 23.6 Å². The zero-order valence-corrected chi connectivity index (χ0v) is 9.75. The van der Waals surface area contributed by atoms with Crippen LogP contribution in [0.5, 0.6) is 0 Å². The summed E-state index contributed by atoms with van der Waals surface area (Å²) in [5.74, 6) is 1.04. The fourth-order valence-electron chi connectivity index (χ4n) is 1.79. The van der Waals surface area contributed by atoms with Gasteiger partial charge in [-0.1, -0.05) is 5.16 Å². The summed E-state index contributed by atoms with van der Waals surface area (Å²) >= 11 is 0. The van der Waals surface area contributed by atoms with E-state index in [1.54, 1.807) is 6.20 Å². The Morgan fingerprint density at radius 3 is 2.71 bits per heavy atom. The lowest BCUT2D eigenvalue weighted by Gasteiger charge is -2.09. The van der Waals surface area contributed by atoms with Gasteiger partial charge < -0.3 is 15.5 Å². The molecule has 2 aromatic rings. The van der Waals surface area contributed by atoms with Gasteiger partial charge in [-0.3, -0.25) is 0 Å². The molecule has 0 aliphatic carbocycles. The first kappa shape index (κ1) is 11.2. The molecule has 0 saturated heterocycles. The van der Waals surface area contributed by atoms with Crippen LogP contribution in [0.25, 0.3) is 5.69 Å². The number of benzene rings is 1. The molecule has 0 aliphatic rings. The Morgan fingerprint density at radius 1 is 1.41 bits per heavy atom. The largest absolute Gasteiger partial charge is 0.409 e. The molecule has 2 rings (SSSR count). The average molecular weight is 230 g/mol. The fourth-order valence-corrected chi connectivity index (χ4v) is 1.79. The van der Waals surface area contributed by atoms with E-state index in [-0.39, 0.29) is 5.84 Å². The normalized spacial score (nSPS) is 11.8. The van der Waals surface area contributed by atoms with E-state index < -0.39 is 0 Å². The van der Waals surface area contributed by atoms with E-state index in [4.69, 9.17) is 10.9 Å². The van der Waals surface area contributed by atoms with Crippen molar-refractivity contribution in [2.45, 2.75) is 13.8 Å². The third-order valence-corrected chi connectivity index (χ3v) is 2.70. The van der Waals surface area contributed by atoms with Gasteiger partial charge in [0.25, 0.3) is 0 Å². The zero-order valence-electron chi connectivity index (χ0n) is 9.75. The Morgan fingerprint density at radius 2 is 2.18 bits per heavy atom. The molecular formula is C12H14N4O. The number of imidazole rings is 1. The second kappa shape index (κ2) is 4.29. The molecule has 88 valence electrons. The van der Waals surface area contributed by atoms with E-state index in [9.17, 15) is 0 Å². The van der Waals surface area contributed by atoms with Crippen molar-refractivity contribution in [1.82, 2.24) is 9.55 Å². The average Bonchev–Trinajstić information content (AvgIpc) is 2.74. The van der Waals surface area contributed by atoms with Crippen molar-refractivity contribution >= 4 is 5.84 Å². The second-order valence-corrected chi connectivity index (χ2v) is 3.83. The molecule has 0 aliphatic heterocycles. The van der Waals surface area contributed by atoms with Crippen LogP contribution in [0.15, 0.2) is 35.7 Å². The molecule has 0 unspecified atom stereocenters. The molecule has 3 N–H and O–H groups in total. The van der Waals surface area contributed by atoms with Crippen LogP contribution in [0.1, 0.15) is 17.0 Å². The Hall–Kier alpha value is -2.30. The van der Waals surface area contributed by atoms with Crippen LogP contribution in [0.2, 0.25) is 0 Å². The van der Waals surface area contributed by atoms with Crippen LogP contribution >= 0.6 is 0 Å². The third kappa shape index (κ3) is 1.99. The molecule has 0 bridgehead atoms. The van der Waals surface area contributed by atoms with Crippen LogP contribution in [0.3, 0.4) is 0 Å². The minimum atomic E-state index is 0.122. The number of aromatic nitrogens is 2. The number of nitrogens with two attached hydrogens (primary N) is 1. The van der Waals surface area contributed by atoms with Gasteiger partial charge in [-0.15, -0.1) is 0 Å². The van der Waals surface area contributed by atoms with Gasteiger partial charge in [-0.05, 0) is 37.6 Å². The highest BCUT2D eigenvalue weighted by Crippen LogP contribution is 2.15. The maximum atomic E-state index is 8.66. The molecule has 5 heteroatoms. The van der Waals surface area contributed by atoms with Crippen molar-refractivity contribution in [1.29, 1.82) is 0 Å². The van der Waals surface area contributed by atoms with E-state index in [2.05, 4.69) is 10.1 Å². The molecule has 0 amide bonds. The minimum absolute atomic E-state index is 0.122. The molecule has 0 radical (unpaired) electrons. The molecule has 0 saturated carbocycles. The van der Waals surface area contributed by atoms with Crippen LogP contribution in [-0.2, 0) is 0 Å². The first-order chi connectivity index (χ1) is 8.13. The van der Waals surface area contributed by atoms with E-state index in [1.165, 1.54) is 0 Å². The predicted molar refractivity (Wildman–Crippen MR) is 65.5 cm³/mol. The number of aryl methyl sites for hydroxylation is 2. The predicted octanol–water partition coefficient (Wildman–Crippen LogP) is 1.58. The highest BCUT2D eigenvalue weighted by Gasteiger charge is 2.06. The third-order valence-electron chi connectivity index (χ3n) is 2.70. The molecule has 0 fully saturated rings. The monoisotopic (exact) mass is 230 g/mol. The van der Waals surface area contributed by atoms with Gasteiger partial charge in [-0.2, -0.15) is 0 Å². The van der Waals surface area contributed by atoms with Crippen molar-refractivity contribution in [3.8, 4) is 5.69 Å². The van der Waals surface area contributed by atoms with Crippen molar-refractivity contribution in [2.24, 2.45) is 10.9 Å². The van der Waals surface area contributed by atoms with Gasteiger partial charge in [0.15, 0.2) is 5.84 Å². The highest BCUT2D eigenvalue weighted by atomic mass is 16.4. The fraction of sp³-hybridized carbons (Fsp3) is 0.167. The smallest absolute Gasteiger partial charge is 0.170 e. The molecule has 1 heterocycles. The van der Waals surface area contributed by atoms with Crippen molar-refractivity contribution in [2.75, 3.05) is 0 Å². The quantitative estimate of drug-likeness (QED) is 0.356. The topological polar surface area (TPSA) is 76.4 Å². The van der Waals surface area contributed by atoms with Crippen molar-refractivity contribution in [3.05, 3.63) is 47.5 Å². The van der Waals surface area contributed by atoms with Gasteiger partial charge in [-0.25, -0.2) is 4.98 Å². The number of nitrogens with zero attached hydrogens (tertiary/aromatic N) is 3. The van der Waals surface area contributed by atoms with Crippen LogP contribution < -0.4 is 5.73 Å². The molecule has 0 atom stereocenters. The lowest BCUT2D eigenvalue weighted by Crippen LogP contribution is -2.14. The van der Waals surface area contributed by atoms with E-state index in [0.29, 0.717) is 0 Å². The number of amidine groups is 1. The summed E-state index contributed by atoms with van der Waals surface area (Å²) in [6, 6.07) is 5.72. The van der Waals surface area contributed by atoms with Crippen molar-refractivity contribution in [3.63, 3.8) is 0 Å². The summed E-state index contributed by atoms with van der Waals surface area (Å²) in [5, 5.41) is 11.7. The SMILES string of the molecule is Cc1cc(-n2ccnc2C)ccc1/C(N)=N/O. The Bertz CT molecular complexity index is 572. The maximum Gasteiger partial charge on any atom is 0.170 e. The Balaban J connectivity index is 2.48. The highest BCUT2D eigenvalue weighted by molar-refractivity contribution is 5.98. The standard InChI is InChI=1S/C12H14N4O/c1-8-7-10(16-6-5-14-9(16)2)3-4-11(8)12(13)15-17/h3-7,17H,1-2H3,(H2,13,15). The number of rotatable bonds is 2. The summed E-state index contributed by atoms with van der Waals surface area (Å²) in [6.07, 6.45) is 3.65. The van der Waals surface area contributed by atoms with Gasteiger partial charge >= 0.3 is 0 Å². The van der Waals surface area contributed by atoms with Crippen molar-refractivity contribution < 1.29 is 5.21 Å². The zero-order chi connectivity index (χ0) is 12.4. The molecular weight excluding hydrogens is 216 g/mol. The molecule has 5 nitrogen and oxygen atoms in total. The lowest BCUT2D eigenvalue weighted by molar-refractivity contribution is 0.318. The minimum Gasteiger partial charge on any atom is -0.409 e. The summed E-state index contributed by atoms with van der Waals surface area (Å²) in [5.41, 5.74) is 8.26. The van der Waals surface area contributed by atoms with E-state index in [1.807, 2.05) is 42.8 Å². The molecule has 1 aromatic carbocycles. The summed E-state index contributed by atoms with van der Waals surface area (Å²) in [7, 11) is 0. The molecule has 17 heavy (non-hydrogen) atoms. The summed E-state index contributed by atoms with van der Waals surface area (Å²) in [4.78, 5) is 4.17. The first-order valence-electron chi connectivity index (χ1n) is 5.22. The number of hydrogen-bond acceptors (Lipinski definition) is 3. The van der Waals surface area contributed by atoms with Gasteiger partial charge in [0.1, 0.15) is 5.82 Å². The van der Waals surface area contributed by atoms with Crippen LogP contribution in [0, 0.1) is 13.8 Å². The Labute approximate surface area is 99.2 Å². The second-order valence-electron chi connectivity index (χ2n) is 3.83. The van der Waals surface area contributed by atoms with Crippen LogP contribution in [0.4, 0.5) is 0 Å². The number of hydrogen-bond donors (Lipinski definition) is 2. The van der Waals surface area contributed by atoms with Gasteiger partial charge in [0.2, 0.25) is 0 Å². The number of oxime groups is 1. The molecule has 0 spiro atoms.